The third kappa shape index (κ3) is 3.04. The Morgan fingerprint density at radius 2 is 1.95 bits per heavy atom. The van der Waals surface area contributed by atoms with Gasteiger partial charge in [0, 0.05) is 17.8 Å². The normalized spacial score (nSPS) is 12.7. The molecule has 0 radical (unpaired) electrons. The molecule has 0 aliphatic rings. The number of benzene rings is 1. The van der Waals surface area contributed by atoms with Gasteiger partial charge in [0.05, 0.1) is 5.38 Å². The van der Waals surface area contributed by atoms with Crippen molar-refractivity contribution < 1.29 is 0 Å². The smallest absolute Gasteiger partial charge is 0.160 e. The topological polar surface area (TPSA) is 30.7 Å². The zero-order chi connectivity index (χ0) is 14.8. The molecule has 21 heavy (non-hydrogen) atoms. The zero-order valence-corrected chi connectivity index (χ0v) is 13.1. The molecule has 3 nitrogen and oxygen atoms in total. The third-order valence-electron chi connectivity index (χ3n) is 3.43. The first-order valence-electron chi connectivity index (χ1n) is 6.85. The fourth-order valence-corrected chi connectivity index (χ4v) is 2.68. The molecule has 0 N–H and O–H groups in total. The number of alkyl halides is 1. The summed E-state index contributed by atoms with van der Waals surface area (Å²) in [6.07, 6.45) is 2.67. The van der Waals surface area contributed by atoms with Gasteiger partial charge in [-0.15, -0.1) is 11.6 Å². The van der Waals surface area contributed by atoms with Crippen molar-refractivity contribution >= 4 is 34.4 Å². The van der Waals surface area contributed by atoms with Gasteiger partial charge < -0.3 is 4.57 Å². The Morgan fingerprint density at radius 3 is 2.67 bits per heavy atom. The van der Waals surface area contributed by atoms with Gasteiger partial charge in [-0.3, -0.25) is 0 Å². The van der Waals surface area contributed by atoms with E-state index in [1.807, 2.05) is 43.3 Å². The second-order valence-corrected chi connectivity index (χ2v) is 6.05. The Labute approximate surface area is 133 Å². The van der Waals surface area contributed by atoms with Gasteiger partial charge >= 0.3 is 0 Å². The van der Waals surface area contributed by atoms with Crippen LogP contribution in [0, 0.1) is 0 Å². The maximum Gasteiger partial charge on any atom is 0.160 e. The highest BCUT2D eigenvalue weighted by atomic mass is 35.5. The SMILES string of the molecule is CC(Cl)c1nc2cccnc2n1CCc1ccc(Cl)cc1. The van der Waals surface area contributed by atoms with E-state index in [0.717, 1.165) is 35.0 Å². The molecule has 5 heteroatoms. The van der Waals surface area contributed by atoms with Crippen molar-refractivity contribution in [2.75, 3.05) is 0 Å². The molecule has 2 aromatic heterocycles. The molecule has 1 aromatic carbocycles. The van der Waals surface area contributed by atoms with Crippen molar-refractivity contribution in [3.8, 4) is 0 Å². The van der Waals surface area contributed by atoms with Gasteiger partial charge in [0.15, 0.2) is 5.65 Å². The molecular weight excluding hydrogens is 305 g/mol. The summed E-state index contributed by atoms with van der Waals surface area (Å²) < 4.78 is 2.10. The lowest BCUT2D eigenvalue weighted by Crippen LogP contribution is -2.07. The van der Waals surface area contributed by atoms with E-state index in [-0.39, 0.29) is 5.38 Å². The number of fused-ring (bicyclic) bond motifs is 1. The van der Waals surface area contributed by atoms with Crippen LogP contribution >= 0.6 is 23.2 Å². The van der Waals surface area contributed by atoms with E-state index in [9.17, 15) is 0 Å². The Hall–Kier alpha value is -1.58. The van der Waals surface area contributed by atoms with Crippen LogP contribution in [0.4, 0.5) is 0 Å². The largest absolute Gasteiger partial charge is 0.311 e. The van der Waals surface area contributed by atoms with Crippen LogP contribution in [0.25, 0.3) is 11.2 Å². The Bertz CT molecular complexity index is 748. The summed E-state index contributed by atoms with van der Waals surface area (Å²) in [6.45, 7) is 2.73. The second kappa shape index (κ2) is 6.04. The third-order valence-corrected chi connectivity index (χ3v) is 3.87. The van der Waals surface area contributed by atoms with E-state index >= 15 is 0 Å². The Morgan fingerprint density at radius 1 is 1.19 bits per heavy atom. The predicted octanol–water partition coefficient (Wildman–Crippen LogP) is 4.63. The molecule has 1 unspecified atom stereocenters. The summed E-state index contributed by atoms with van der Waals surface area (Å²) in [5, 5.41) is 0.605. The van der Waals surface area contributed by atoms with Gasteiger partial charge in [-0.1, -0.05) is 23.7 Å². The van der Waals surface area contributed by atoms with E-state index in [2.05, 4.69) is 14.5 Å². The van der Waals surface area contributed by atoms with E-state index in [1.54, 1.807) is 6.20 Å². The standard InChI is InChI=1S/C16H15Cl2N3/c1-11(17)15-20-14-3-2-9-19-16(14)21(15)10-8-12-4-6-13(18)7-5-12/h2-7,9,11H,8,10H2,1H3. The van der Waals surface area contributed by atoms with E-state index in [0.29, 0.717) is 0 Å². The molecule has 1 atom stereocenters. The summed E-state index contributed by atoms with van der Waals surface area (Å²) in [6, 6.07) is 11.8. The number of aryl methyl sites for hydroxylation is 2. The molecule has 0 aliphatic carbocycles. The van der Waals surface area contributed by atoms with Crippen LogP contribution in [0.5, 0.6) is 0 Å². The van der Waals surface area contributed by atoms with E-state index < -0.39 is 0 Å². The highest BCUT2D eigenvalue weighted by molar-refractivity contribution is 6.30. The molecule has 0 saturated heterocycles. The molecule has 0 spiro atoms. The predicted molar refractivity (Wildman–Crippen MR) is 87.0 cm³/mol. The molecular formula is C16H15Cl2N3. The van der Waals surface area contributed by atoms with E-state index in [4.69, 9.17) is 23.2 Å². The number of hydrogen-bond donors (Lipinski definition) is 0. The quantitative estimate of drug-likeness (QED) is 0.656. The first kappa shape index (κ1) is 14.4. The van der Waals surface area contributed by atoms with Crippen molar-refractivity contribution in [3.63, 3.8) is 0 Å². The maximum absolute atomic E-state index is 6.25. The number of hydrogen-bond acceptors (Lipinski definition) is 2. The highest BCUT2D eigenvalue weighted by Crippen LogP contribution is 2.23. The molecule has 3 rings (SSSR count). The molecule has 0 fully saturated rings. The van der Waals surface area contributed by atoms with Crippen molar-refractivity contribution in [2.45, 2.75) is 25.3 Å². The van der Waals surface area contributed by atoms with Crippen molar-refractivity contribution in [3.05, 3.63) is 59.0 Å². The van der Waals surface area contributed by atoms with Crippen LogP contribution in [-0.4, -0.2) is 14.5 Å². The Kier molecular flexibility index (Phi) is 4.13. The zero-order valence-electron chi connectivity index (χ0n) is 11.6. The lowest BCUT2D eigenvalue weighted by Gasteiger charge is -2.10. The number of imidazole rings is 1. The fraction of sp³-hybridized carbons (Fsp3) is 0.250. The number of nitrogens with zero attached hydrogens (tertiary/aromatic N) is 3. The van der Waals surface area contributed by atoms with Crippen molar-refractivity contribution in [1.82, 2.24) is 14.5 Å². The van der Waals surface area contributed by atoms with Gasteiger partial charge in [-0.05, 0) is 43.2 Å². The van der Waals surface area contributed by atoms with Crippen molar-refractivity contribution in [2.24, 2.45) is 0 Å². The molecule has 0 amide bonds. The summed E-state index contributed by atoms with van der Waals surface area (Å²) in [5.74, 6) is 0.860. The van der Waals surface area contributed by atoms with Crippen LogP contribution in [-0.2, 0) is 13.0 Å². The minimum absolute atomic E-state index is 0.149. The molecule has 0 bridgehead atoms. The summed E-state index contributed by atoms with van der Waals surface area (Å²) >= 11 is 12.2. The maximum atomic E-state index is 6.25. The first-order chi connectivity index (χ1) is 10.1. The highest BCUT2D eigenvalue weighted by Gasteiger charge is 2.15. The second-order valence-electron chi connectivity index (χ2n) is 4.96. The summed E-state index contributed by atoms with van der Waals surface area (Å²) in [7, 11) is 0. The van der Waals surface area contributed by atoms with Crippen molar-refractivity contribution in [1.29, 1.82) is 0 Å². The molecule has 0 saturated carbocycles. The average molecular weight is 320 g/mol. The minimum atomic E-state index is -0.149. The Balaban J connectivity index is 1.91. The molecule has 2 heterocycles. The lowest BCUT2D eigenvalue weighted by molar-refractivity contribution is 0.663. The van der Waals surface area contributed by atoms with Gasteiger partial charge in [-0.25, -0.2) is 9.97 Å². The van der Waals surface area contributed by atoms with Crippen LogP contribution in [0.2, 0.25) is 5.02 Å². The van der Waals surface area contributed by atoms with Gasteiger partial charge in [-0.2, -0.15) is 0 Å². The summed E-state index contributed by atoms with van der Waals surface area (Å²) in [4.78, 5) is 9.02. The van der Waals surface area contributed by atoms with Crippen LogP contribution in [0.15, 0.2) is 42.6 Å². The van der Waals surface area contributed by atoms with E-state index in [1.165, 1.54) is 5.56 Å². The fourth-order valence-electron chi connectivity index (χ4n) is 2.39. The summed E-state index contributed by atoms with van der Waals surface area (Å²) in [5.41, 5.74) is 3.00. The molecule has 0 aliphatic heterocycles. The monoisotopic (exact) mass is 319 g/mol. The first-order valence-corrected chi connectivity index (χ1v) is 7.66. The number of rotatable bonds is 4. The number of aromatic nitrogens is 3. The lowest BCUT2D eigenvalue weighted by atomic mass is 10.1. The number of pyridine rings is 1. The molecule has 108 valence electrons. The van der Waals surface area contributed by atoms with Crippen LogP contribution < -0.4 is 0 Å². The average Bonchev–Trinajstić information content (AvgIpc) is 2.86. The molecule has 3 aromatic rings. The minimum Gasteiger partial charge on any atom is -0.311 e. The van der Waals surface area contributed by atoms with Crippen LogP contribution in [0.1, 0.15) is 23.7 Å². The van der Waals surface area contributed by atoms with Gasteiger partial charge in [0.25, 0.3) is 0 Å². The van der Waals surface area contributed by atoms with Gasteiger partial charge in [0.2, 0.25) is 0 Å². The number of halogens is 2. The van der Waals surface area contributed by atoms with Gasteiger partial charge in [0.1, 0.15) is 11.3 Å². The van der Waals surface area contributed by atoms with Crippen LogP contribution in [0.3, 0.4) is 0 Å².